The molecular weight excluding hydrogens is 310 g/mol. The van der Waals surface area contributed by atoms with Crippen molar-refractivity contribution in [3.05, 3.63) is 66.1 Å². The molecule has 6 heteroatoms. The Morgan fingerprint density at radius 3 is 2.71 bits per heavy atom. The quantitative estimate of drug-likeness (QED) is 0.595. The van der Waals surface area contributed by atoms with Crippen molar-refractivity contribution in [3.8, 4) is 0 Å². The van der Waals surface area contributed by atoms with Gasteiger partial charge in [-0.1, -0.05) is 0 Å². The van der Waals surface area contributed by atoms with Crippen LogP contribution in [0.5, 0.6) is 0 Å². The molecule has 0 radical (unpaired) electrons. The average Bonchev–Trinajstić information content (AvgIpc) is 2.97. The number of halogens is 2. The van der Waals surface area contributed by atoms with Crippen molar-refractivity contribution < 1.29 is 8.78 Å². The van der Waals surface area contributed by atoms with E-state index in [1.165, 1.54) is 30.6 Å². The van der Waals surface area contributed by atoms with Crippen molar-refractivity contribution in [3.63, 3.8) is 0 Å². The van der Waals surface area contributed by atoms with E-state index in [4.69, 9.17) is 0 Å². The number of hydrogen-bond donors (Lipinski definition) is 2. The lowest BCUT2D eigenvalue weighted by Crippen LogP contribution is -2.07. The summed E-state index contributed by atoms with van der Waals surface area (Å²) in [6.07, 6.45) is 4.06. The van der Waals surface area contributed by atoms with E-state index in [9.17, 15) is 8.78 Å². The van der Waals surface area contributed by atoms with Crippen LogP contribution in [0, 0.1) is 11.6 Å². The Morgan fingerprint density at radius 2 is 1.79 bits per heavy atom. The first-order chi connectivity index (χ1) is 11.7. The van der Waals surface area contributed by atoms with Crippen LogP contribution in [0.3, 0.4) is 0 Å². The maximum absolute atomic E-state index is 13.5. The lowest BCUT2D eigenvalue weighted by molar-refractivity contribution is 0.629. The fourth-order valence-corrected chi connectivity index (χ4v) is 2.85. The van der Waals surface area contributed by atoms with Crippen LogP contribution in [0.25, 0.3) is 21.8 Å². The van der Waals surface area contributed by atoms with E-state index in [-0.39, 0.29) is 11.6 Å². The van der Waals surface area contributed by atoms with Gasteiger partial charge < -0.3 is 10.3 Å². The van der Waals surface area contributed by atoms with E-state index < -0.39 is 0 Å². The highest BCUT2D eigenvalue weighted by Crippen LogP contribution is 2.22. The largest absolute Gasteiger partial charge is 0.369 e. The number of aromatic nitrogens is 3. The van der Waals surface area contributed by atoms with E-state index in [2.05, 4.69) is 20.3 Å². The number of rotatable bonds is 4. The molecule has 4 rings (SSSR count). The normalized spacial score (nSPS) is 11.2. The van der Waals surface area contributed by atoms with Gasteiger partial charge >= 0.3 is 0 Å². The minimum atomic E-state index is -0.320. The molecule has 24 heavy (non-hydrogen) atoms. The molecule has 0 saturated heterocycles. The molecule has 0 atom stereocenters. The summed E-state index contributed by atoms with van der Waals surface area (Å²) in [5, 5.41) is 4.87. The summed E-state index contributed by atoms with van der Waals surface area (Å²) in [5.41, 5.74) is 2.55. The molecule has 0 aliphatic heterocycles. The monoisotopic (exact) mass is 324 g/mol. The second-order valence-electron chi connectivity index (χ2n) is 5.56. The number of nitrogens with one attached hydrogen (secondary N) is 2. The van der Waals surface area contributed by atoms with Gasteiger partial charge in [0.15, 0.2) is 0 Å². The Morgan fingerprint density at radius 1 is 0.958 bits per heavy atom. The number of fused-ring (bicyclic) bond motifs is 2. The van der Waals surface area contributed by atoms with E-state index in [0.717, 1.165) is 22.9 Å². The molecule has 0 aliphatic carbocycles. The first kappa shape index (κ1) is 14.6. The second-order valence-corrected chi connectivity index (χ2v) is 5.56. The Balaban J connectivity index is 1.54. The van der Waals surface area contributed by atoms with Crippen molar-refractivity contribution in [1.29, 1.82) is 0 Å². The fourth-order valence-electron chi connectivity index (χ4n) is 2.85. The standard InChI is InChI=1S/C18H14F2N4/c19-12-2-4-16-15(7-12)18(24-10-23-16)21-6-5-11-9-22-17-8-13(20)1-3-14(11)17/h1-4,7-10,22H,5-6H2,(H,21,23,24). The van der Waals surface area contributed by atoms with Gasteiger partial charge in [-0.15, -0.1) is 0 Å². The van der Waals surface area contributed by atoms with Gasteiger partial charge in [0.2, 0.25) is 0 Å². The fraction of sp³-hybridized carbons (Fsp3) is 0.111. The van der Waals surface area contributed by atoms with Crippen molar-refractivity contribution in [2.75, 3.05) is 11.9 Å². The maximum atomic E-state index is 13.5. The number of hydrogen-bond acceptors (Lipinski definition) is 3. The molecule has 0 spiro atoms. The number of H-pyrrole nitrogens is 1. The van der Waals surface area contributed by atoms with Gasteiger partial charge in [-0.05, 0) is 48.4 Å². The van der Waals surface area contributed by atoms with Crippen molar-refractivity contribution in [2.24, 2.45) is 0 Å². The van der Waals surface area contributed by atoms with Crippen LogP contribution in [0.4, 0.5) is 14.6 Å². The molecule has 2 aromatic carbocycles. The zero-order valence-corrected chi connectivity index (χ0v) is 12.7. The summed E-state index contributed by atoms with van der Waals surface area (Å²) in [6.45, 7) is 0.618. The third-order valence-electron chi connectivity index (χ3n) is 4.01. The van der Waals surface area contributed by atoms with Crippen LogP contribution in [-0.2, 0) is 6.42 Å². The van der Waals surface area contributed by atoms with Crippen LogP contribution in [0.1, 0.15) is 5.56 Å². The van der Waals surface area contributed by atoms with Crippen molar-refractivity contribution in [2.45, 2.75) is 6.42 Å². The zero-order valence-electron chi connectivity index (χ0n) is 12.7. The molecule has 0 unspecified atom stereocenters. The number of benzene rings is 2. The molecule has 0 amide bonds. The van der Waals surface area contributed by atoms with Gasteiger partial charge in [0.25, 0.3) is 0 Å². The first-order valence-electron chi connectivity index (χ1n) is 7.60. The van der Waals surface area contributed by atoms with E-state index in [1.807, 2.05) is 6.20 Å². The van der Waals surface area contributed by atoms with Gasteiger partial charge in [0.1, 0.15) is 23.8 Å². The van der Waals surface area contributed by atoms with E-state index in [0.29, 0.717) is 23.3 Å². The summed E-state index contributed by atoms with van der Waals surface area (Å²) in [7, 11) is 0. The predicted octanol–water partition coefficient (Wildman–Crippen LogP) is 4.04. The zero-order chi connectivity index (χ0) is 16.5. The molecule has 2 aromatic heterocycles. The molecule has 4 nitrogen and oxygen atoms in total. The lowest BCUT2D eigenvalue weighted by atomic mass is 10.1. The Kier molecular flexibility index (Phi) is 3.57. The van der Waals surface area contributed by atoms with Crippen LogP contribution in [0.2, 0.25) is 0 Å². The Bertz CT molecular complexity index is 1030. The highest BCUT2D eigenvalue weighted by molar-refractivity contribution is 5.88. The molecule has 0 saturated carbocycles. The topological polar surface area (TPSA) is 53.6 Å². The Labute approximate surface area is 136 Å². The molecule has 2 N–H and O–H groups in total. The predicted molar refractivity (Wildman–Crippen MR) is 89.9 cm³/mol. The van der Waals surface area contributed by atoms with Gasteiger partial charge in [0.05, 0.1) is 5.52 Å². The molecule has 0 aliphatic rings. The first-order valence-corrected chi connectivity index (χ1v) is 7.60. The summed E-state index contributed by atoms with van der Waals surface area (Å²) in [5.74, 6) is 0.0212. The van der Waals surface area contributed by atoms with Crippen LogP contribution >= 0.6 is 0 Å². The number of anilines is 1. The van der Waals surface area contributed by atoms with Gasteiger partial charge in [-0.25, -0.2) is 18.7 Å². The van der Waals surface area contributed by atoms with Gasteiger partial charge in [-0.3, -0.25) is 0 Å². The molecule has 4 aromatic rings. The van der Waals surface area contributed by atoms with Crippen molar-refractivity contribution in [1.82, 2.24) is 15.0 Å². The highest BCUT2D eigenvalue weighted by atomic mass is 19.1. The Hall–Kier alpha value is -3.02. The summed E-state index contributed by atoms with van der Waals surface area (Å²) < 4.78 is 26.7. The highest BCUT2D eigenvalue weighted by Gasteiger charge is 2.07. The van der Waals surface area contributed by atoms with Gasteiger partial charge in [-0.2, -0.15) is 0 Å². The molecule has 2 heterocycles. The third-order valence-corrected chi connectivity index (χ3v) is 4.01. The number of nitrogens with zero attached hydrogens (tertiary/aromatic N) is 2. The lowest BCUT2D eigenvalue weighted by Gasteiger charge is -2.08. The number of aromatic amines is 1. The SMILES string of the molecule is Fc1ccc2c(CCNc3ncnc4ccc(F)cc34)c[nH]c2c1. The summed E-state index contributed by atoms with van der Waals surface area (Å²) in [6, 6.07) is 9.13. The van der Waals surface area contributed by atoms with Crippen LogP contribution in [0.15, 0.2) is 48.9 Å². The molecule has 0 fully saturated rings. The third kappa shape index (κ3) is 2.67. The molecular formula is C18H14F2N4. The molecule has 120 valence electrons. The smallest absolute Gasteiger partial charge is 0.137 e. The maximum Gasteiger partial charge on any atom is 0.137 e. The van der Waals surface area contributed by atoms with Gasteiger partial charge in [0, 0.05) is 29.0 Å². The summed E-state index contributed by atoms with van der Waals surface area (Å²) in [4.78, 5) is 11.4. The molecule has 0 bridgehead atoms. The van der Waals surface area contributed by atoms with E-state index in [1.54, 1.807) is 12.1 Å². The summed E-state index contributed by atoms with van der Waals surface area (Å²) >= 11 is 0. The van der Waals surface area contributed by atoms with Crippen LogP contribution < -0.4 is 5.32 Å². The second kappa shape index (κ2) is 5.88. The van der Waals surface area contributed by atoms with Crippen molar-refractivity contribution >= 4 is 27.6 Å². The minimum Gasteiger partial charge on any atom is -0.369 e. The average molecular weight is 324 g/mol. The minimum absolute atomic E-state index is 0.261. The van der Waals surface area contributed by atoms with Crippen LogP contribution in [-0.4, -0.2) is 21.5 Å². The van der Waals surface area contributed by atoms with E-state index >= 15 is 0 Å².